The zero-order chi connectivity index (χ0) is 54.4. The number of halogens is 3. The maximum Gasteiger partial charge on any atom is 0.534 e. The zero-order valence-corrected chi connectivity index (χ0v) is 51.1. The minimum atomic E-state index is -6.18. The maximum atomic E-state index is 12.1. The standard InChI is InChI=1S/2C8H9.C7H3F3N2O7S.C7H6N2O4S.C6H4N2O5.C6H7N2.2CH3.3Y/c2*1-7-3-5-8(2)6-4-7;8-7(9,10)20(17,18)19-6-3-4(11(13)14)1-2-5(6)12(15)16;1-14-7-4-5(8(10)11)2-3-6(7)9(12)13;9-6-3-4(7(10)11)1-2-5(6)8(12)13;7-5-1-2-6(8)4-3-5;;;;;/h2*3-5H,1-2H3;1-3H;2-4H,1H3;1-3,9H;1-3H,7-8H2;2*1H3;;;/q2*-1;;;;3*-1;;;. The molecule has 0 aromatic heterocycles. The molecule has 6 aromatic rings. The molecular formula is C44H44F3N8O16S2Y3-5. The average Bonchev–Trinajstić information content (AvgIpc) is 3.29. The molecule has 0 aliphatic rings. The molecule has 0 heterocycles. The Bertz CT molecular complexity index is 2790. The zero-order valence-electron chi connectivity index (χ0n) is 41.0. The summed E-state index contributed by atoms with van der Waals surface area (Å²) < 4.78 is 61.3. The number of alkyl halides is 3. The molecule has 0 aliphatic heterocycles. The van der Waals surface area contributed by atoms with Gasteiger partial charge >= 0.3 is 27.0 Å². The van der Waals surface area contributed by atoms with Crippen molar-refractivity contribution in [2.45, 2.75) is 38.1 Å². The Morgan fingerprint density at radius 1 is 0.553 bits per heavy atom. The number of benzene rings is 6. The Hall–Kier alpha value is -5.68. The van der Waals surface area contributed by atoms with Gasteiger partial charge in [-0.05, 0) is 6.26 Å². The summed E-state index contributed by atoms with van der Waals surface area (Å²) in [6, 6.07) is 33.7. The van der Waals surface area contributed by atoms with Gasteiger partial charge in [0.05, 0.1) is 46.6 Å². The third-order valence-electron chi connectivity index (χ3n) is 7.88. The number of nitrogens with two attached hydrogens (primary N) is 2. The van der Waals surface area contributed by atoms with Crippen LogP contribution in [0.3, 0.4) is 0 Å². The van der Waals surface area contributed by atoms with Crippen molar-refractivity contribution in [3.63, 3.8) is 0 Å². The van der Waals surface area contributed by atoms with Crippen molar-refractivity contribution < 1.29 is 159 Å². The van der Waals surface area contributed by atoms with E-state index in [4.69, 9.17) is 16.6 Å². The van der Waals surface area contributed by atoms with E-state index in [0.29, 0.717) is 28.4 Å². The van der Waals surface area contributed by atoms with E-state index in [9.17, 15) is 82.3 Å². The second-order valence-corrected chi connectivity index (χ2v) is 15.8. The summed E-state index contributed by atoms with van der Waals surface area (Å²) in [6.07, 6.45) is 1.63. The summed E-state index contributed by atoms with van der Waals surface area (Å²) in [4.78, 5) is 57.4. The molecule has 403 valence electrons. The fourth-order valence-electron chi connectivity index (χ4n) is 4.32. The van der Waals surface area contributed by atoms with Gasteiger partial charge in [-0.2, -0.15) is 105 Å². The molecule has 6 aromatic carbocycles. The van der Waals surface area contributed by atoms with Crippen LogP contribution in [0.15, 0.2) is 114 Å². The van der Waals surface area contributed by atoms with Crippen molar-refractivity contribution in [1.29, 1.82) is 0 Å². The Balaban J connectivity index is -0.000000270. The van der Waals surface area contributed by atoms with Crippen LogP contribution in [0.4, 0.5) is 58.7 Å². The van der Waals surface area contributed by atoms with Gasteiger partial charge in [-0.25, -0.2) is 0 Å². The topological polar surface area (TPSA) is 374 Å². The van der Waals surface area contributed by atoms with E-state index < -0.39 is 73.7 Å². The number of non-ortho nitro benzene ring substituents is 3. The maximum absolute atomic E-state index is 12.1. The number of thioether (sulfide) groups is 1. The molecule has 5 N–H and O–H groups in total. The van der Waals surface area contributed by atoms with Crippen LogP contribution in [0.1, 0.15) is 22.3 Å². The first kappa shape index (κ1) is 79.2. The molecule has 32 heteroatoms. The van der Waals surface area contributed by atoms with Crippen molar-refractivity contribution in [3.8, 4) is 11.5 Å². The molecule has 0 bridgehead atoms. The number of aromatic hydroxyl groups is 1. The number of hydrogen-bond acceptors (Lipinski definition) is 19. The SMILES string of the molecule is CSc1cc([N+](=O)[O-])ccc1[N+](=O)[O-].Cc1[c-]cc(C)cc1.Cc1[c-]cc(C)cc1.Nc1[c-]cc(N)cc1.O=[N+]([O-])c1ccc([N+](=O)[O-])c(O)c1.O=[N+]([O-])c1ccc([N+](=O)[O-])c(OS(=O)(=O)C(F)(F)F)c1.[CH3-].[CH3-].[Y].[Y].[Y]. The number of phenolic OH excluding ortho intramolecular Hbond substituents is 1. The van der Waals surface area contributed by atoms with Gasteiger partial charge in [0, 0.05) is 141 Å². The first-order valence-electron chi connectivity index (χ1n) is 18.8. The fourth-order valence-corrected chi connectivity index (χ4v) is 5.37. The number of nitro groups is 6. The normalized spacial score (nSPS) is 9.47. The van der Waals surface area contributed by atoms with E-state index in [1.54, 1.807) is 24.5 Å². The number of nitrogen functional groups attached to an aromatic ring is 2. The summed E-state index contributed by atoms with van der Waals surface area (Å²) in [5.74, 6) is -2.11. The molecule has 24 nitrogen and oxygen atoms in total. The number of phenols is 1. The molecule has 76 heavy (non-hydrogen) atoms. The Morgan fingerprint density at radius 2 is 0.947 bits per heavy atom. The van der Waals surface area contributed by atoms with Crippen LogP contribution < -0.4 is 15.7 Å². The molecule has 0 fully saturated rings. The van der Waals surface area contributed by atoms with Crippen molar-refractivity contribution >= 4 is 67.4 Å². The van der Waals surface area contributed by atoms with E-state index >= 15 is 0 Å². The van der Waals surface area contributed by atoms with Crippen LogP contribution in [-0.2, 0) is 108 Å². The summed E-state index contributed by atoms with van der Waals surface area (Å²) in [5, 5.41) is 71.1. The molecule has 0 spiro atoms. The molecule has 0 saturated carbocycles. The quantitative estimate of drug-likeness (QED) is 0.0230. The largest absolute Gasteiger partial charge is 0.534 e. The molecular weight excluding hydrogens is 1280 g/mol. The van der Waals surface area contributed by atoms with Crippen LogP contribution in [0.2, 0.25) is 0 Å². The third-order valence-corrected chi connectivity index (χ3v) is 9.61. The molecule has 0 aliphatic carbocycles. The fraction of sp³-hybridized carbons (Fsp3) is 0.136. The first-order chi connectivity index (χ1) is 32.9. The number of anilines is 2. The van der Waals surface area contributed by atoms with Gasteiger partial charge in [0.2, 0.25) is 11.5 Å². The van der Waals surface area contributed by atoms with Gasteiger partial charge in [-0.3, -0.25) is 60.7 Å². The van der Waals surface area contributed by atoms with E-state index in [1.807, 2.05) is 26.0 Å². The Morgan fingerprint density at radius 3 is 1.25 bits per heavy atom. The van der Waals surface area contributed by atoms with Gasteiger partial charge < -0.3 is 35.6 Å². The van der Waals surface area contributed by atoms with Crippen molar-refractivity contribution in [2.75, 3.05) is 17.7 Å². The number of hydrogen-bond donors (Lipinski definition) is 3. The minimum absolute atomic E-state index is 0. The molecule has 0 amide bonds. The smallest absolute Gasteiger partial charge is 0.502 e. The average molecular weight is 1330 g/mol. The summed E-state index contributed by atoms with van der Waals surface area (Å²) in [5.41, 5.74) is 7.88. The number of aryl methyl sites for hydroxylation is 4. The minimum Gasteiger partial charge on any atom is -0.502 e. The molecule has 0 saturated heterocycles. The van der Waals surface area contributed by atoms with Crippen molar-refractivity contribution in [3.05, 3.63) is 225 Å². The van der Waals surface area contributed by atoms with Gasteiger partial charge in [0.15, 0.2) is 0 Å². The Labute approximate surface area is 513 Å². The number of nitrogens with zero attached hydrogens (tertiary/aromatic N) is 6. The summed E-state index contributed by atoms with van der Waals surface area (Å²) in [7, 11) is -6.18. The number of nitro benzene ring substituents is 6. The van der Waals surface area contributed by atoms with Crippen LogP contribution in [-0.4, -0.2) is 54.8 Å². The Kier molecular flexibility index (Phi) is 39.6. The van der Waals surface area contributed by atoms with Crippen molar-refractivity contribution in [2.24, 2.45) is 0 Å². The predicted octanol–water partition coefficient (Wildman–Crippen LogP) is 10.9. The second kappa shape index (κ2) is 38.0. The summed E-state index contributed by atoms with van der Waals surface area (Å²) in [6.45, 7) is 8.21. The van der Waals surface area contributed by atoms with Gasteiger partial charge in [-0.1, -0.05) is 39.1 Å². The molecule has 3 radical (unpaired) electrons. The van der Waals surface area contributed by atoms with Crippen LogP contribution in [0, 0.1) is 121 Å². The van der Waals surface area contributed by atoms with Gasteiger partial charge in [0.1, 0.15) is 0 Å². The molecule has 0 atom stereocenters. The van der Waals surface area contributed by atoms with E-state index in [2.05, 4.69) is 60.5 Å². The van der Waals surface area contributed by atoms with Crippen LogP contribution in [0.5, 0.6) is 11.5 Å². The summed E-state index contributed by atoms with van der Waals surface area (Å²) >= 11 is 1.11. The van der Waals surface area contributed by atoms with E-state index in [0.717, 1.165) is 42.1 Å². The second-order valence-electron chi connectivity index (χ2n) is 13.4. The first-order valence-corrected chi connectivity index (χ1v) is 21.5. The third kappa shape index (κ3) is 29.0. The predicted molar refractivity (Wildman–Crippen MR) is 265 cm³/mol. The van der Waals surface area contributed by atoms with Crippen molar-refractivity contribution in [1.82, 2.24) is 0 Å². The number of rotatable bonds is 9. The molecule has 6 rings (SSSR count). The molecule has 0 unspecified atom stereocenters. The van der Waals surface area contributed by atoms with Gasteiger partial charge in [-0.15, -0.1) is 23.9 Å². The van der Waals surface area contributed by atoms with E-state index in [1.165, 1.54) is 28.3 Å². The van der Waals surface area contributed by atoms with E-state index in [-0.39, 0.29) is 136 Å². The van der Waals surface area contributed by atoms with Gasteiger partial charge in [0.25, 0.3) is 22.7 Å². The van der Waals surface area contributed by atoms with Crippen LogP contribution >= 0.6 is 11.8 Å². The van der Waals surface area contributed by atoms with Crippen LogP contribution in [0.25, 0.3) is 0 Å². The monoisotopic (exact) mass is 1330 g/mol.